The van der Waals surface area contributed by atoms with Gasteiger partial charge in [-0.2, -0.15) is 0 Å². The number of ether oxygens (including phenoxy) is 1. The number of aliphatic hydroxyl groups is 2. The summed E-state index contributed by atoms with van der Waals surface area (Å²) < 4.78 is 6.36. The van der Waals surface area contributed by atoms with E-state index in [0.717, 1.165) is 24.8 Å². The molecule has 5 nitrogen and oxygen atoms in total. The summed E-state index contributed by atoms with van der Waals surface area (Å²) in [6, 6.07) is 7.29. The predicted molar refractivity (Wildman–Crippen MR) is 116 cm³/mol. The van der Waals surface area contributed by atoms with E-state index < -0.39 is 18.8 Å². The summed E-state index contributed by atoms with van der Waals surface area (Å²) in [7, 11) is 0. The monoisotopic (exact) mass is 451 g/mol. The third kappa shape index (κ3) is 4.92. The van der Waals surface area contributed by atoms with Gasteiger partial charge in [-0.15, -0.1) is 0 Å². The fourth-order valence-electron chi connectivity index (χ4n) is 4.34. The maximum absolute atomic E-state index is 13.4. The van der Waals surface area contributed by atoms with E-state index in [9.17, 15) is 15.0 Å². The molecule has 1 saturated heterocycles. The Bertz CT molecular complexity index is 821. The van der Waals surface area contributed by atoms with Crippen molar-refractivity contribution in [3.8, 4) is 0 Å². The van der Waals surface area contributed by atoms with Crippen LogP contribution in [0.5, 0.6) is 0 Å². The number of hydrogen-bond acceptors (Lipinski definition) is 4. The average Bonchev–Trinajstić information content (AvgIpc) is 3.55. The number of allylic oxidation sites excluding steroid dienone is 3. The Balaban J connectivity index is 1.71. The number of aliphatic hydroxyl groups excluding tert-OH is 2. The molecule has 3 aliphatic rings. The highest BCUT2D eigenvalue weighted by Crippen LogP contribution is 2.43. The topological polar surface area (TPSA) is 70.0 Å². The molecule has 5 atom stereocenters. The highest BCUT2D eigenvalue weighted by molar-refractivity contribution is 6.31. The first kappa shape index (κ1) is 21.8. The minimum Gasteiger partial charge on any atom is -0.394 e. The Morgan fingerprint density at radius 1 is 1.20 bits per heavy atom. The molecule has 0 bridgehead atoms. The number of morpholine rings is 1. The van der Waals surface area contributed by atoms with Crippen LogP contribution >= 0.6 is 23.2 Å². The number of hydrogen-bond donors (Lipinski definition) is 2. The lowest BCUT2D eigenvalue weighted by molar-refractivity contribution is -0.182. The van der Waals surface area contributed by atoms with Gasteiger partial charge >= 0.3 is 0 Å². The lowest BCUT2D eigenvalue weighted by atomic mass is 9.84. The van der Waals surface area contributed by atoms with Crippen LogP contribution in [0.4, 0.5) is 0 Å². The minimum atomic E-state index is -1.00. The van der Waals surface area contributed by atoms with Gasteiger partial charge in [0.05, 0.1) is 24.9 Å². The van der Waals surface area contributed by atoms with Crippen LogP contribution < -0.4 is 0 Å². The van der Waals surface area contributed by atoms with Gasteiger partial charge in [-0.1, -0.05) is 47.5 Å². The van der Waals surface area contributed by atoms with Crippen molar-refractivity contribution in [3.05, 3.63) is 58.1 Å². The lowest BCUT2D eigenvalue weighted by Crippen LogP contribution is -2.57. The molecule has 2 N–H and O–H groups in total. The summed E-state index contributed by atoms with van der Waals surface area (Å²) >= 11 is 12.4. The standard InChI is InChI=1S/C23H27Cl2NO4/c24-17-8-6-15(7-9-17)21-22(16-2-1-3-18(25)10-16)30-20(11-19(28)13-27)23(29)26(21)12-14-4-5-14/h1,3,6-10,14,16,19-22,27-28H,2,4-5,11-13H2/t16?,19-,20-,21+,22-/m0/s1. The first-order valence-corrected chi connectivity index (χ1v) is 11.3. The second kappa shape index (κ2) is 9.41. The molecule has 1 saturated carbocycles. The normalized spacial score (nSPS) is 30.3. The van der Waals surface area contributed by atoms with Crippen molar-refractivity contribution in [2.24, 2.45) is 11.8 Å². The molecule has 1 aromatic carbocycles. The summed E-state index contributed by atoms with van der Waals surface area (Å²) in [5.41, 5.74) is 0.971. The number of halogens is 2. The van der Waals surface area contributed by atoms with Crippen LogP contribution in [0.15, 0.2) is 47.5 Å². The molecule has 4 rings (SSSR count). The molecular formula is C23H27Cl2NO4. The van der Waals surface area contributed by atoms with E-state index in [4.69, 9.17) is 27.9 Å². The molecule has 2 fully saturated rings. The molecule has 1 amide bonds. The Morgan fingerprint density at radius 3 is 2.57 bits per heavy atom. The van der Waals surface area contributed by atoms with E-state index in [0.29, 0.717) is 22.5 Å². The van der Waals surface area contributed by atoms with Gasteiger partial charge in [0.25, 0.3) is 5.91 Å². The minimum absolute atomic E-state index is 0.00764. The molecule has 0 radical (unpaired) electrons. The van der Waals surface area contributed by atoms with Gasteiger partial charge < -0.3 is 19.8 Å². The molecule has 1 aliphatic heterocycles. The van der Waals surface area contributed by atoms with Crippen LogP contribution in [0.2, 0.25) is 5.02 Å². The van der Waals surface area contributed by atoms with Crippen molar-refractivity contribution in [2.45, 2.75) is 50.0 Å². The van der Waals surface area contributed by atoms with E-state index >= 15 is 0 Å². The second-order valence-corrected chi connectivity index (χ2v) is 9.32. The first-order valence-electron chi connectivity index (χ1n) is 10.5. The second-order valence-electron chi connectivity index (χ2n) is 8.45. The number of carbonyl (C=O) groups excluding carboxylic acids is 1. The SMILES string of the molecule is O=C1[C@H](C[C@H](O)CO)O[C@@H](C2C=C(Cl)C=CC2)[C@@H](c2ccc(Cl)cc2)N1CC1CC1. The third-order valence-electron chi connectivity index (χ3n) is 6.07. The van der Waals surface area contributed by atoms with Gasteiger partial charge in [-0.05, 0) is 49.0 Å². The van der Waals surface area contributed by atoms with Crippen LogP contribution in [-0.4, -0.2) is 52.5 Å². The number of benzene rings is 1. The molecule has 1 heterocycles. The summed E-state index contributed by atoms with van der Waals surface area (Å²) in [5.74, 6) is 0.357. The quantitative estimate of drug-likeness (QED) is 0.660. The van der Waals surface area contributed by atoms with E-state index in [2.05, 4.69) is 0 Å². The Labute approximate surface area is 186 Å². The van der Waals surface area contributed by atoms with Crippen LogP contribution in [0, 0.1) is 11.8 Å². The van der Waals surface area contributed by atoms with Crippen LogP contribution in [0.1, 0.15) is 37.3 Å². The summed E-state index contributed by atoms with van der Waals surface area (Å²) in [6.45, 7) is 0.261. The van der Waals surface area contributed by atoms with Crippen LogP contribution in [-0.2, 0) is 9.53 Å². The largest absolute Gasteiger partial charge is 0.394 e. The van der Waals surface area contributed by atoms with Crippen molar-refractivity contribution < 1.29 is 19.7 Å². The van der Waals surface area contributed by atoms with Gasteiger partial charge in [0.2, 0.25) is 0 Å². The van der Waals surface area contributed by atoms with Gasteiger partial charge in [-0.3, -0.25) is 4.79 Å². The van der Waals surface area contributed by atoms with Crippen molar-refractivity contribution in [1.82, 2.24) is 4.90 Å². The Kier molecular flexibility index (Phi) is 6.85. The van der Waals surface area contributed by atoms with Crippen LogP contribution in [0.3, 0.4) is 0 Å². The highest BCUT2D eigenvalue weighted by Gasteiger charge is 2.47. The molecule has 0 spiro atoms. The summed E-state index contributed by atoms with van der Waals surface area (Å²) in [6.07, 6.45) is 6.82. The maximum atomic E-state index is 13.4. The fourth-order valence-corrected chi connectivity index (χ4v) is 4.72. The molecule has 1 unspecified atom stereocenters. The molecule has 0 aromatic heterocycles. The maximum Gasteiger partial charge on any atom is 0.252 e. The van der Waals surface area contributed by atoms with Gasteiger partial charge in [0.1, 0.15) is 6.10 Å². The summed E-state index contributed by atoms with van der Waals surface area (Å²) in [4.78, 5) is 15.3. The van der Waals surface area contributed by atoms with Gasteiger partial charge in [0, 0.05) is 28.9 Å². The molecular weight excluding hydrogens is 425 g/mol. The third-order valence-corrected chi connectivity index (χ3v) is 6.57. The smallest absolute Gasteiger partial charge is 0.252 e. The van der Waals surface area contributed by atoms with Crippen molar-refractivity contribution in [3.63, 3.8) is 0 Å². The highest BCUT2D eigenvalue weighted by atomic mass is 35.5. The van der Waals surface area contributed by atoms with Crippen molar-refractivity contribution in [2.75, 3.05) is 13.2 Å². The number of carbonyl (C=O) groups is 1. The molecule has 30 heavy (non-hydrogen) atoms. The van der Waals surface area contributed by atoms with E-state index in [-0.39, 0.29) is 30.4 Å². The molecule has 162 valence electrons. The van der Waals surface area contributed by atoms with Gasteiger partial charge in [0.15, 0.2) is 0 Å². The van der Waals surface area contributed by atoms with E-state index in [1.807, 2.05) is 47.4 Å². The first-order chi connectivity index (χ1) is 14.5. The molecule has 1 aromatic rings. The zero-order valence-electron chi connectivity index (χ0n) is 16.7. The van der Waals surface area contributed by atoms with Crippen molar-refractivity contribution in [1.29, 1.82) is 0 Å². The number of amides is 1. The number of rotatable bonds is 7. The molecule has 2 aliphatic carbocycles. The lowest BCUT2D eigenvalue weighted by Gasteiger charge is -2.47. The fraction of sp³-hybridized carbons (Fsp3) is 0.522. The van der Waals surface area contributed by atoms with Crippen LogP contribution in [0.25, 0.3) is 0 Å². The summed E-state index contributed by atoms with van der Waals surface area (Å²) in [5, 5.41) is 20.6. The zero-order valence-corrected chi connectivity index (χ0v) is 18.2. The van der Waals surface area contributed by atoms with Crippen molar-refractivity contribution >= 4 is 29.1 Å². The predicted octanol–water partition coefficient (Wildman–Crippen LogP) is 3.83. The zero-order chi connectivity index (χ0) is 21.3. The van der Waals surface area contributed by atoms with E-state index in [1.165, 1.54) is 0 Å². The molecule has 7 heteroatoms. The average molecular weight is 452 g/mol. The van der Waals surface area contributed by atoms with E-state index in [1.54, 1.807) is 0 Å². The Hall–Kier alpha value is -1.37. The van der Waals surface area contributed by atoms with Gasteiger partial charge in [-0.25, -0.2) is 0 Å². The number of nitrogens with zero attached hydrogens (tertiary/aromatic N) is 1. The Morgan fingerprint density at radius 2 is 1.93 bits per heavy atom.